The average Bonchev–Trinajstić information content (AvgIpc) is 3.04. The Morgan fingerprint density at radius 3 is 0.705 bits per heavy atom. The number of rotatable bonds is 41. The summed E-state index contributed by atoms with van der Waals surface area (Å²) in [5.74, 6) is 0. The van der Waals surface area contributed by atoms with Crippen LogP contribution >= 0.6 is 0 Å². The van der Waals surface area contributed by atoms with Gasteiger partial charge in [-0.1, -0.05) is 71.1 Å². The Kier molecular flexibility index (Phi) is 42.1. The minimum absolute atomic E-state index is 0.0303. The maximum absolute atomic E-state index is 8.58. The summed E-state index contributed by atoms with van der Waals surface area (Å²) in [5, 5.41) is 8.58. The zero-order valence-electron chi connectivity index (χ0n) is 28.2. The van der Waals surface area contributed by atoms with E-state index in [-0.39, 0.29) is 6.61 Å². The lowest BCUT2D eigenvalue weighted by molar-refractivity contribution is -0.0268. The molecule has 0 aliphatic carbocycles. The second-order valence-corrected chi connectivity index (χ2v) is 10.4. The molecule has 0 fully saturated rings. The second kappa shape index (κ2) is 42.6. The topological polar surface area (TPSA) is 113 Å². The normalized spacial score (nSPS) is 11.6. The third-order valence-electron chi connectivity index (χ3n) is 6.48. The van der Waals surface area contributed by atoms with Gasteiger partial charge >= 0.3 is 0 Å². The molecule has 0 aromatic carbocycles. The fourth-order valence-electron chi connectivity index (χ4n) is 4.01. The van der Waals surface area contributed by atoms with Crippen molar-refractivity contribution in [1.82, 2.24) is 0 Å². The molecule has 0 rings (SSSR count). The molecule has 0 aliphatic rings. The number of hydrogen-bond donors (Lipinski definition) is 1. The molecule has 0 saturated carbocycles. The van der Waals surface area contributed by atoms with E-state index in [1.807, 2.05) is 0 Å². The maximum atomic E-state index is 8.58. The summed E-state index contributed by atoms with van der Waals surface area (Å²) in [4.78, 5) is 0. The predicted octanol–water partition coefficient (Wildman–Crippen LogP) is 4.46. The van der Waals surface area contributed by atoms with Crippen LogP contribution in [0.1, 0.15) is 77.6 Å². The van der Waals surface area contributed by atoms with Crippen LogP contribution in [-0.4, -0.2) is 144 Å². The van der Waals surface area contributed by atoms with Crippen molar-refractivity contribution in [2.75, 3.05) is 139 Å². The zero-order chi connectivity index (χ0) is 31.7. The Labute approximate surface area is 268 Å². The molecule has 11 nitrogen and oxygen atoms in total. The summed E-state index contributed by atoms with van der Waals surface area (Å²) in [6.07, 6.45) is 14.9. The summed E-state index contributed by atoms with van der Waals surface area (Å²) >= 11 is 0. The second-order valence-electron chi connectivity index (χ2n) is 10.4. The van der Waals surface area contributed by atoms with Crippen molar-refractivity contribution in [2.24, 2.45) is 0 Å². The van der Waals surface area contributed by atoms with Gasteiger partial charge in [0.25, 0.3) is 0 Å². The molecule has 0 aromatic heterocycles. The fraction of sp³-hybridized carbons (Fsp3) is 1.00. The molecule has 44 heavy (non-hydrogen) atoms. The predicted molar refractivity (Wildman–Crippen MR) is 172 cm³/mol. The zero-order valence-corrected chi connectivity index (χ0v) is 28.2. The fourth-order valence-corrected chi connectivity index (χ4v) is 4.01. The highest BCUT2D eigenvalue weighted by Crippen LogP contribution is 2.11. The molecular weight excluding hydrogens is 572 g/mol. The Morgan fingerprint density at radius 2 is 0.455 bits per heavy atom. The Bertz CT molecular complexity index is 447. The highest BCUT2D eigenvalue weighted by Gasteiger charge is 1.97. The summed E-state index contributed by atoms with van der Waals surface area (Å²) in [5.41, 5.74) is 0. The number of hydrogen-bond acceptors (Lipinski definition) is 11. The van der Waals surface area contributed by atoms with Gasteiger partial charge in [-0.05, 0) is 6.42 Å². The van der Waals surface area contributed by atoms with Crippen LogP contribution in [0.15, 0.2) is 0 Å². The van der Waals surface area contributed by atoms with Gasteiger partial charge in [0.1, 0.15) is 0 Å². The smallest absolute Gasteiger partial charge is 0.0701 e. The molecule has 0 atom stereocenters. The van der Waals surface area contributed by atoms with Crippen LogP contribution < -0.4 is 0 Å². The van der Waals surface area contributed by atoms with Crippen LogP contribution in [-0.2, 0) is 47.4 Å². The lowest BCUT2D eigenvalue weighted by Crippen LogP contribution is -2.15. The molecule has 0 amide bonds. The molecule has 1 N–H and O–H groups in total. The van der Waals surface area contributed by atoms with Crippen molar-refractivity contribution < 1.29 is 52.5 Å². The van der Waals surface area contributed by atoms with Gasteiger partial charge in [-0.15, -0.1) is 0 Å². The first-order chi connectivity index (χ1) is 21.9. The van der Waals surface area contributed by atoms with Gasteiger partial charge < -0.3 is 52.5 Å². The minimum Gasteiger partial charge on any atom is -0.394 e. The van der Waals surface area contributed by atoms with E-state index in [2.05, 4.69) is 6.92 Å². The molecule has 0 radical (unpaired) electrons. The Balaban J connectivity index is 3.03. The van der Waals surface area contributed by atoms with E-state index in [0.717, 1.165) is 13.0 Å². The standard InChI is InChI=1S/C33H68O11/c1-2-3-4-5-6-7-8-9-10-11-12-14-35-16-18-37-20-22-39-24-26-41-28-30-43-32-33-44-31-29-42-27-25-40-23-21-38-19-17-36-15-13-34/h34H,2-33H2,1H3. The van der Waals surface area contributed by atoms with E-state index >= 15 is 0 Å². The van der Waals surface area contributed by atoms with Crippen LogP contribution in [0.3, 0.4) is 0 Å². The van der Waals surface area contributed by atoms with Crippen LogP contribution in [0.2, 0.25) is 0 Å². The van der Waals surface area contributed by atoms with E-state index in [9.17, 15) is 0 Å². The van der Waals surface area contributed by atoms with Gasteiger partial charge in [0.05, 0.1) is 132 Å². The average molecular weight is 641 g/mol. The SMILES string of the molecule is CCCCCCCCCCCCCOCCOCCOCCOCCOCCOCCOCCOCCOCCOCCO. The molecule has 0 unspecified atom stereocenters. The quantitative estimate of drug-likeness (QED) is 0.0957. The molecule has 0 saturated heterocycles. The number of unbranched alkanes of at least 4 members (excludes halogenated alkanes) is 10. The highest BCUT2D eigenvalue weighted by atomic mass is 16.6. The molecule has 0 bridgehead atoms. The first-order valence-corrected chi connectivity index (χ1v) is 17.3. The highest BCUT2D eigenvalue weighted by molar-refractivity contribution is 4.48. The van der Waals surface area contributed by atoms with Crippen molar-refractivity contribution in [3.8, 4) is 0 Å². The van der Waals surface area contributed by atoms with Crippen LogP contribution in [0.5, 0.6) is 0 Å². The summed E-state index contributed by atoms with van der Waals surface area (Å²) < 4.78 is 54.4. The lowest BCUT2D eigenvalue weighted by Gasteiger charge is -2.09. The molecule has 0 heterocycles. The summed E-state index contributed by atoms with van der Waals surface area (Å²) in [6, 6.07) is 0. The van der Waals surface area contributed by atoms with Crippen molar-refractivity contribution in [3.05, 3.63) is 0 Å². The third-order valence-corrected chi connectivity index (χ3v) is 6.48. The largest absolute Gasteiger partial charge is 0.394 e. The van der Waals surface area contributed by atoms with Crippen molar-refractivity contribution >= 4 is 0 Å². The Hall–Kier alpha value is -0.440. The van der Waals surface area contributed by atoms with Gasteiger partial charge in [0.2, 0.25) is 0 Å². The summed E-state index contributed by atoms with van der Waals surface area (Å²) in [7, 11) is 0. The van der Waals surface area contributed by atoms with Crippen molar-refractivity contribution in [3.63, 3.8) is 0 Å². The van der Waals surface area contributed by atoms with E-state index in [4.69, 9.17) is 52.5 Å². The minimum atomic E-state index is 0.0303. The van der Waals surface area contributed by atoms with Gasteiger partial charge in [-0.2, -0.15) is 0 Å². The number of aliphatic hydroxyl groups is 1. The third kappa shape index (κ3) is 41.6. The van der Waals surface area contributed by atoms with E-state index in [1.165, 1.54) is 64.2 Å². The van der Waals surface area contributed by atoms with Crippen LogP contribution in [0.4, 0.5) is 0 Å². The molecule has 0 spiro atoms. The van der Waals surface area contributed by atoms with Crippen LogP contribution in [0, 0.1) is 0 Å². The van der Waals surface area contributed by atoms with Gasteiger partial charge in [0, 0.05) is 6.61 Å². The van der Waals surface area contributed by atoms with Gasteiger partial charge in [0.15, 0.2) is 0 Å². The van der Waals surface area contributed by atoms with Crippen molar-refractivity contribution in [1.29, 1.82) is 0 Å². The monoisotopic (exact) mass is 640 g/mol. The van der Waals surface area contributed by atoms with Gasteiger partial charge in [-0.25, -0.2) is 0 Å². The Morgan fingerprint density at radius 1 is 0.250 bits per heavy atom. The van der Waals surface area contributed by atoms with Gasteiger partial charge in [-0.3, -0.25) is 0 Å². The molecule has 0 aromatic rings. The van der Waals surface area contributed by atoms with E-state index in [1.54, 1.807) is 0 Å². The lowest BCUT2D eigenvalue weighted by atomic mass is 10.1. The van der Waals surface area contributed by atoms with Crippen molar-refractivity contribution in [2.45, 2.75) is 77.6 Å². The number of ether oxygens (including phenoxy) is 10. The first-order valence-electron chi connectivity index (χ1n) is 17.3. The molecule has 266 valence electrons. The van der Waals surface area contributed by atoms with E-state index < -0.39 is 0 Å². The summed E-state index contributed by atoms with van der Waals surface area (Å²) in [6.45, 7) is 13.1. The molecule has 0 aliphatic heterocycles. The van der Waals surface area contributed by atoms with E-state index in [0.29, 0.717) is 126 Å². The molecular formula is C33H68O11. The first kappa shape index (κ1) is 43.6. The number of aliphatic hydroxyl groups excluding tert-OH is 1. The van der Waals surface area contributed by atoms with Crippen LogP contribution in [0.25, 0.3) is 0 Å². The molecule has 11 heteroatoms. The maximum Gasteiger partial charge on any atom is 0.0701 e.